The van der Waals surface area contributed by atoms with E-state index in [1.54, 1.807) is 0 Å². The molecule has 1 fully saturated rings. The first-order valence-corrected chi connectivity index (χ1v) is 5.31. The van der Waals surface area contributed by atoms with Crippen LogP contribution in [0, 0.1) is 5.41 Å². The van der Waals surface area contributed by atoms with Gasteiger partial charge in [-0.3, -0.25) is 5.41 Å². The van der Waals surface area contributed by atoms with Crippen LogP contribution in [0.15, 0.2) is 0 Å². The van der Waals surface area contributed by atoms with Crippen LogP contribution >= 0.6 is 0 Å². The van der Waals surface area contributed by atoms with Gasteiger partial charge in [0.1, 0.15) is 0 Å². The molecule has 3 N–H and O–H groups in total. The average molecular weight is 198 g/mol. The molecule has 1 aliphatic rings. The molecule has 1 rings (SSSR count). The fraction of sp³-hybridized carbons (Fsp3) is 0.900. The maximum Gasteiger partial charge on any atom is 0.0918 e. The lowest BCUT2D eigenvalue weighted by atomic mass is 10.0. The first-order chi connectivity index (χ1) is 6.59. The summed E-state index contributed by atoms with van der Waals surface area (Å²) in [5, 5.41) is 7.18. The normalized spacial score (nSPS) is 24.1. The Balaban J connectivity index is 2.28. The molecule has 14 heavy (non-hydrogen) atoms. The van der Waals surface area contributed by atoms with Gasteiger partial charge in [-0.2, -0.15) is 0 Å². The molecule has 1 atom stereocenters. The summed E-state index contributed by atoms with van der Waals surface area (Å²) >= 11 is 0. The number of likely N-dealkylation sites (N-methyl/N-ethyl adjacent to an activating group) is 2. The van der Waals surface area contributed by atoms with Crippen molar-refractivity contribution in [3.63, 3.8) is 0 Å². The molecule has 4 heteroatoms. The quantitative estimate of drug-likeness (QED) is 0.506. The minimum Gasteiger partial charge on any atom is -0.388 e. The molecule has 4 nitrogen and oxygen atoms in total. The molecule has 0 aromatic rings. The van der Waals surface area contributed by atoms with Crippen LogP contribution in [0.4, 0.5) is 0 Å². The number of hydrogen-bond acceptors (Lipinski definition) is 3. The lowest BCUT2D eigenvalue weighted by Crippen LogP contribution is -2.45. The summed E-state index contributed by atoms with van der Waals surface area (Å²) in [5.41, 5.74) is 5.34. The predicted molar refractivity (Wildman–Crippen MR) is 59.7 cm³/mol. The van der Waals surface area contributed by atoms with Crippen molar-refractivity contribution in [2.24, 2.45) is 5.73 Å². The first-order valence-electron chi connectivity index (χ1n) is 5.31. The molecule has 0 aliphatic carbocycles. The summed E-state index contributed by atoms with van der Waals surface area (Å²) in [4.78, 5) is 4.70. The largest absolute Gasteiger partial charge is 0.388 e. The molecule has 1 aliphatic heterocycles. The van der Waals surface area contributed by atoms with Gasteiger partial charge in [-0.15, -0.1) is 0 Å². The summed E-state index contributed by atoms with van der Waals surface area (Å²) in [5.74, 6) is 0.293. The van der Waals surface area contributed by atoms with Crippen LogP contribution in [0.5, 0.6) is 0 Å². The zero-order valence-corrected chi connectivity index (χ0v) is 9.29. The van der Waals surface area contributed by atoms with Gasteiger partial charge in [0.25, 0.3) is 0 Å². The lowest BCUT2D eigenvalue weighted by Gasteiger charge is -2.35. The van der Waals surface area contributed by atoms with Crippen molar-refractivity contribution >= 4 is 5.84 Å². The monoisotopic (exact) mass is 198 g/mol. The summed E-state index contributed by atoms with van der Waals surface area (Å²) in [6.45, 7) is 3.28. The maximum absolute atomic E-state index is 7.18. The number of likely N-dealkylation sites (tertiary alicyclic amines) is 1. The Labute approximate surface area is 86.6 Å². The standard InChI is InChI=1S/C10H22N4/c1-13-6-3-4-9(8-13)14(2)7-5-10(11)12/h9H,3-8H2,1-2H3,(H3,11,12). The number of amidine groups is 1. The van der Waals surface area contributed by atoms with Crippen molar-refractivity contribution in [1.29, 1.82) is 5.41 Å². The number of nitrogens with zero attached hydrogens (tertiary/aromatic N) is 2. The van der Waals surface area contributed by atoms with Gasteiger partial charge in [-0.1, -0.05) is 0 Å². The van der Waals surface area contributed by atoms with Crippen LogP contribution in [0.2, 0.25) is 0 Å². The van der Waals surface area contributed by atoms with Gasteiger partial charge in [-0.05, 0) is 33.5 Å². The van der Waals surface area contributed by atoms with E-state index in [0.29, 0.717) is 18.3 Å². The van der Waals surface area contributed by atoms with Crippen LogP contribution in [-0.4, -0.2) is 55.4 Å². The van der Waals surface area contributed by atoms with Gasteiger partial charge < -0.3 is 15.5 Å². The van der Waals surface area contributed by atoms with Crippen LogP contribution in [0.25, 0.3) is 0 Å². The molecule has 0 saturated carbocycles. The van der Waals surface area contributed by atoms with Gasteiger partial charge in [0.05, 0.1) is 5.84 Å². The molecular weight excluding hydrogens is 176 g/mol. The average Bonchev–Trinajstić information content (AvgIpc) is 2.14. The smallest absolute Gasteiger partial charge is 0.0918 e. The van der Waals surface area contributed by atoms with Crippen molar-refractivity contribution in [2.75, 3.05) is 33.7 Å². The predicted octanol–water partition coefficient (Wildman–Crippen LogP) is 0.338. The topological polar surface area (TPSA) is 56.4 Å². The molecule has 0 spiro atoms. The highest BCUT2D eigenvalue weighted by molar-refractivity contribution is 5.76. The second-order valence-corrected chi connectivity index (χ2v) is 4.31. The summed E-state index contributed by atoms with van der Waals surface area (Å²) < 4.78 is 0. The maximum atomic E-state index is 7.18. The van der Waals surface area contributed by atoms with Crippen LogP contribution < -0.4 is 5.73 Å². The van der Waals surface area contributed by atoms with E-state index in [0.717, 1.165) is 13.1 Å². The Morgan fingerprint density at radius 2 is 2.36 bits per heavy atom. The van der Waals surface area contributed by atoms with Crippen molar-refractivity contribution < 1.29 is 0 Å². The van der Waals surface area contributed by atoms with E-state index >= 15 is 0 Å². The molecule has 0 radical (unpaired) electrons. The third kappa shape index (κ3) is 3.64. The van der Waals surface area contributed by atoms with Gasteiger partial charge >= 0.3 is 0 Å². The van der Waals surface area contributed by atoms with E-state index in [1.807, 2.05) is 0 Å². The molecule has 0 amide bonds. The molecule has 82 valence electrons. The van der Waals surface area contributed by atoms with E-state index in [4.69, 9.17) is 11.1 Å². The van der Waals surface area contributed by atoms with E-state index in [1.165, 1.54) is 19.4 Å². The Morgan fingerprint density at radius 1 is 1.64 bits per heavy atom. The first kappa shape index (κ1) is 11.5. The number of nitrogens with one attached hydrogen (secondary N) is 1. The fourth-order valence-corrected chi connectivity index (χ4v) is 1.98. The minimum absolute atomic E-state index is 0.293. The second kappa shape index (κ2) is 5.32. The molecule has 0 aromatic heterocycles. The number of rotatable bonds is 4. The molecule has 1 unspecified atom stereocenters. The minimum atomic E-state index is 0.293. The van der Waals surface area contributed by atoms with Gasteiger partial charge in [0.15, 0.2) is 0 Å². The van der Waals surface area contributed by atoms with Crippen molar-refractivity contribution in [2.45, 2.75) is 25.3 Å². The zero-order valence-electron chi connectivity index (χ0n) is 9.29. The number of nitrogens with two attached hydrogens (primary N) is 1. The van der Waals surface area contributed by atoms with E-state index in [9.17, 15) is 0 Å². The molecular formula is C10H22N4. The van der Waals surface area contributed by atoms with E-state index in [2.05, 4.69) is 23.9 Å². The van der Waals surface area contributed by atoms with Crippen molar-refractivity contribution in [3.8, 4) is 0 Å². The summed E-state index contributed by atoms with van der Waals surface area (Å²) in [6, 6.07) is 0.646. The highest BCUT2D eigenvalue weighted by atomic mass is 15.2. The Bertz CT molecular complexity index is 193. The Kier molecular flexibility index (Phi) is 4.35. The highest BCUT2D eigenvalue weighted by Crippen LogP contribution is 2.13. The molecule has 1 saturated heterocycles. The molecule has 1 heterocycles. The van der Waals surface area contributed by atoms with Crippen LogP contribution in [-0.2, 0) is 0 Å². The molecule has 0 aromatic carbocycles. The van der Waals surface area contributed by atoms with Gasteiger partial charge in [-0.25, -0.2) is 0 Å². The summed E-state index contributed by atoms with van der Waals surface area (Å²) in [6.07, 6.45) is 3.25. The Hall–Kier alpha value is -0.610. The third-order valence-electron chi connectivity index (χ3n) is 2.96. The molecule has 0 bridgehead atoms. The van der Waals surface area contributed by atoms with Gasteiger partial charge in [0, 0.05) is 25.6 Å². The Morgan fingerprint density at radius 3 is 2.93 bits per heavy atom. The number of hydrogen-bond donors (Lipinski definition) is 2. The van der Waals surface area contributed by atoms with Crippen molar-refractivity contribution in [1.82, 2.24) is 9.80 Å². The summed E-state index contributed by atoms with van der Waals surface area (Å²) in [7, 11) is 4.30. The van der Waals surface area contributed by atoms with E-state index in [-0.39, 0.29) is 0 Å². The third-order valence-corrected chi connectivity index (χ3v) is 2.96. The van der Waals surface area contributed by atoms with Crippen LogP contribution in [0.1, 0.15) is 19.3 Å². The fourth-order valence-electron chi connectivity index (χ4n) is 1.98. The SMILES string of the molecule is CN1CCCC(N(C)CCC(=N)N)C1. The zero-order chi connectivity index (χ0) is 10.6. The second-order valence-electron chi connectivity index (χ2n) is 4.31. The highest BCUT2D eigenvalue weighted by Gasteiger charge is 2.20. The number of piperidine rings is 1. The van der Waals surface area contributed by atoms with E-state index < -0.39 is 0 Å². The lowest BCUT2D eigenvalue weighted by molar-refractivity contribution is 0.137. The van der Waals surface area contributed by atoms with Gasteiger partial charge in [0.2, 0.25) is 0 Å². The van der Waals surface area contributed by atoms with Crippen molar-refractivity contribution in [3.05, 3.63) is 0 Å². The van der Waals surface area contributed by atoms with Crippen LogP contribution in [0.3, 0.4) is 0 Å².